The Bertz CT molecular complexity index is 880. The lowest BCUT2D eigenvalue weighted by molar-refractivity contribution is 0.494. The Labute approximate surface area is 139 Å². The number of hydrogen-bond acceptors (Lipinski definition) is 6. The topological polar surface area (TPSA) is 98.0 Å². The highest BCUT2D eigenvalue weighted by Gasteiger charge is 2.14. The molecule has 0 aliphatic heterocycles. The van der Waals surface area contributed by atoms with Crippen LogP contribution in [0.4, 0.5) is 0 Å². The summed E-state index contributed by atoms with van der Waals surface area (Å²) in [4.78, 5) is 3.97. The van der Waals surface area contributed by atoms with E-state index in [9.17, 15) is 8.42 Å². The van der Waals surface area contributed by atoms with Crippen LogP contribution in [0.15, 0.2) is 59.3 Å². The zero-order valence-corrected chi connectivity index (χ0v) is 13.6. The fourth-order valence-corrected chi connectivity index (χ4v) is 3.06. The average molecular weight is 344 g/mol. The normalized spacial score (nSPS) is 11.5. The number of aryl methyl sites for hydroxylation is 1. The summed E-state index contributed by atoms with van der Waals surface area (Å²) in [5.41, 5.74) is 1.66. The molecule has 7 nitrogen and oxygen atoms in total. The number of aromatic nitrogens is 3. The van der Waals surface area contributed by atoms with Crippen LogP contribution in [0, 0.1) is 0 Å². The Morgan fingerprint density at radius 2 is 1.88 bits per heavy atom. The molecule has 2 heterocycles. The molecular weight excluding hydrogens is 328 g/mol. The monoisotopic (exact) mass is 344 g/mol. The summed E-state index contributed by atoms with van der Waals surface area (Å²) in [5.74, 6) is 0.513. The molecular formula is C16H16N4O3S. The van der Waals surface area contributed by atoms with Gasteiger partial charge in [0.2, 0.25) is 21.8 Å². The number of pyridine rings is 1. The van der Waals surface area contributed by atoms with Crippen LogP contribution in [-0.2, 0) is 23.0 Å². The van der Waals surface area contributed by atoms with E-state index < -0.39 is 10.0 Å². The molecule has 124 valence electrons. The summed E-state index contributed by atoms with van der Waals surface area (Å²) in [6, 6.07) is 13.0. The first-order valence-corrected chi connectivity index (χ1v) is 9.02. The summed E-state index contributed by atoms with van der Waals surface area (Å²) in [7, 11) is -3.42. The van der Waals surface area contributed by atoms with Crippen molar-refractivity contribution in [3.8, 4) is 11.5 Å². The Morgan fingerprint density at radius 1 is 1.04 bits per heavy atom. The van der Waals surface area contributed by atoms with Crippen LogP contribution in [0.1, 0.15) is 11.5 Å². The minimum atomic E-state index is -3.42. The molecule has 1 aromatic carbocycles. The molecule has 0 aliphatic rings. The number of hydrogen-bond donors (Lipinski definition) is 1. The van der Waals surface area contributed by atoms with Gasteiger partial charge < -0.3 is 4.42 Å². The summed E-state index contributed by atoms with van der Waals surface area (Å²) >= 11 is 0. The second-order valence-electron chi connectivity index (χ2n) is 5.12. The first-order valence-electron chi connectivity index (χ1n) is 7.36. The van der Waals surface area contributed by atoms with Gasteiger partial charge in [-0.05, 0) is 24.1 Å². The summed E-state index contributed by atoms with van der Waals surface area (Å²) < 4.78 is 32.0. The number of rotatable bonds is 7. The molecule has 0 aliphatic carbocycles. The van der Waals surface area contributed by atoms with E-state index in [-0.39, 0.29) is 18.2 Å². The van der Waals surface area contributed by atoms with Gasteiger partial charge in [-0.25, -0.2) is 13.1 Å². The van der Waals surface area contributed by atoms with Crippen molar-refractivity contribution >= 4 is 10.0 Å². The number of sulfonamides is 1. The molecule has 0 spiro atoms. The maximum absolute atomic E-state index is 12.0. The van der Waals surface area contributed by atoms with E-state index in [4.69, 9.17) is 4.42 Å². The molecule has 1 N–H and O–H groups in total. The molecule has 3 aromatic rings. The number of nitrogens with zero attached hydrogens (tertiary/aromatic N) is 3. The Kier molecular flexibility index (Phi) is 4.97. The lowest BCUT2D eigenvalue weighted by atomic mass is 10.2. The van der Waals surface area contributed by atoms with Crippen LogP contribution < -0.4 is 4.72 Å². The fourth-order valence-electron chi connectivity index (χ4n) is 2.07. The van der Waals surface area contributed by atoms with Crippen molar-refractivity contribution in [2.45, 2.75) is 13.0 Å². The fraction of sp³-hybridized carbons (Fsp3) is 0.188. The van der Waals surface area contributed by atoms with Crippen LogP contribution in [0.5, 0.6) is 0 Å². The Hall–Kier alpha value is -2.58. The zero-order chi connectivity index (χ0) is 16.8. The van der Waals surface area contributed by atoms with Gasteiger partial charge in [0.05, 0.1) is 17.9 Å². The molecule has 8 heteroatoms. The van der Waals surface area contributed by atoms with Gasteiger partial charge in [0.25, 0.3) is 0 Å². The van der Waals surface area contributed by atoms with Gasteiger partial charge in [-0.1, -0.05) is 30.3 Å². The van der Waals surface area contributed by atoms with Crippen LogP contribution in [0.25, 0.3) is 11.5 Å². The quantitative estimate of drug-likeness (QED) is 0.702. The van der Waals surface area contributed by atoms with Crippen LogP contribution in [0.2, 0.25) is 0 Å². The summed E-state index contributed by atoms with van der Waals surface area (Å²) in [6.07, 6.45) is 3.68. The molecule has 0 fully saturated rings. The molecule has 3 rings (SSSR count). The third kappa shape index (κ3) is 4.46. The van der Waals surface area contributed by atoms with Crippen LogP contribution >= 0.6 is 0 Å². The van der Waals surface area contributed by atoms with E-state index in [1.807, 2.05) is 30.3 Å². The van der Waals surface area contributed by atoms with Gasteiger partial charge in [-0.15, -0.1) is 10.2 Å². The molecule has 0 amide bonds. The minimum Gasteiger partial charge on any atom is -0.419 e. The molecule has 0 saturated heterocycles. The van der Waals surface area contributed by atoms with Crippen molar-refractivity contribution in [2.24, 2.45) is 0 Å². The smallest absolute Gasteiger partial charge is 0.249 e. The van der Waals surface area contributed by atoms with Crippen molar-refractivity contribution in [3.63, 3.8) is 0 Å². The van der Waals surface area contributed by atoms with Crippen LogP contribution in [0.3, 0.4) is 0 Å². The Balaban J connectivity index is 1.56. The maximum atomic E-state index is 12.0. The van der Waals surface area contributed by atoms with E-state index in [0.717, 1.165) is 5.56 Å². The molecule has 2 aromatic heterocycles. The molecule has 0 bridgehead atoms. The highest BCUT2D eigenvalue weighted by molar-refractivity contribution is 7.89. The van der Waals surface area contributed by atoms with Crippen molar-refractivity contribution in [2.75, 3.05) is 5.75 Å². The van der Waals surface area contributed by atoms with E-state index in [1.54, 1.807) is 24.5 Å². The standard InChI is InChI=1S/C16H16N4O3S/c21-24(22,10-8-13-5-2-1-3-6-13)18-12-15-19-20-16(23-15)14-7-4-9-17-11-14/h1-7,9,11,18H,8,10,12H2. The zero-order valence-electron chi connectivity index (χ0n) is 12.8. The van der Waals surface area contributed by atoms with Gasteiger partial charge in [-0.3, -0.25) is 4.98 Å². The predicted octanol–water partition coefficient (Wildman–Crippen LogP) is 1.79. The highest BCUT2D eigenvalue weighted by Crippen LogP contribution is 2.15. The van der Waals surface area contributed by atoms with Crippen molar-refractivity contribution < 1.29 is 12.8 Å². The number of benzene rings is 1. The highest BCUT2D eigenvalue weighted by atomic mass is 32.2. The first kappa shape index (κ1) is 16.3. The molecule has 24 heavy (non-hydrogen) atoms. The SMILES string of the molecule is O=S(=O)(CCc1ccccc1)NCc1nnc(-c2cccnc2)o1. The lowest BCUT2D eigenvalue weighted by Gasteiger charge is -2.04. The maximum Gasteiger partial charge on any atom is 0.249 e. The van der Waals surface area contributed by atoms with Gasteiger partial charge in [0.15, 0.2) is 0 Å². The third-order valence-electron chi connectivity index (χ3n) is 3.32. The van der Waals surface area contributed by atoms with E-state index >= 15 is 0 Å². The van der Waals surface area contributed by atoms with Gasteiger partial charge in [0.1, 0.15) is 0 Å². The summed E-state index contributed by atoms with van der Waals surface area (Å²) in [6.45, 7) is -0.0373. The van der Waals surface area contributed by atoms with Gasteiger partial charge >= 0.3 is 0 Å². The largest absolute Gasteiger partial charge is 0.419 e. The van der Waals surface area contributed by atoms with Crippen LogP contribution in [-0.4, -0.2) is 29.4 Å². The molecule has 0 radical (unpaired) electrons. The second-order valence-corrected chi connectivity index (χ2v) is 7.04. The second kappa shape index (κ2) is 7.33. The third-order valence-corrected chi connectivity index (χ3v) is 4.65. The first-order chi connectivity index (χ1) is 11.6. The van der Waals surface area contributed by atoms with Gasteiger partial charge in [0, 0.05) is 12.4 Å². The average Bonchev–Trinajstić information content (AvgIpc) is 3.09. The lowest BCUT2D eigenvalue weighted by Crippen LogP contribution is -2.27. The van der Waals surface area contributed by atoms with E-state index in [0.29, 0.717) is 17.9 Å². The van der Waals surface area contributed by atoms with Gasteiger partial charge in [-0.2, -0.15) is 0 Å². The molecule has 0 saturated carbocycles. The van der Waals surface area contributed by atoms with Crippen molar-refractivity contribution in [1.82, 2.24) is 19.9 Å². The van der Waals surface area contributed by atoms with E-state index in [1.165, 1.54) is 0 Å². The number of nitrogens with one attached hydrogen (secondary N) is 1. The van der Waals surface area contributed by atoms with E-state index in [2.05, 4.69) is 19.9 Å². The molecule has 0 atom stereocenters. The van der Waals surface area contributed by atoms with Crippen molar-refractivity contribution in [1.29, 1.82) is 0 Å². The minimum absolute atomic E-state index is 0.000608. The Morgan fingerprint density at radius 3 is 2.62 bits per heavy atom. The van der Waals surface area contributed by atoms with Crippen molar-refractivity contribution in [3.05, 3.63) is 66.3 Å². The predicted molar refractivity (Wildman–Crippen MR) is 88.3 cm³/mol. The molecule has 0 unspecified atom stereocenters. The summed E-state index contributed by atoms with van der Waals surface area (Å²) in [5, 5.41) is 7.73.